The van der Waals surface area contributed by atoms with Crippen LogP contribution in [0.5, 0.6) is 5.75 Å². The zero-order chi connectivity index (χ0) is 15.6. The van der Waals surface area contributed by atoms with Crippen molar-refractivity contribution in [3.05, 3.63) is 28.9 Å². The maximum Gasteiger partial charge on any atom is 0.129 e. The molecule has 114 valence electrons. The van der Waals surface area contributed by atoms with Crippen molar-refractivity contribution < 1.29 is 4.74 Å². The molecule has 0 radical (unpaired) electrons. The van der Waals surface area contributed by atoms with Crippen molar-refractivity contribution in [1.82, 2.24) is 9.78 Å². The van der Waals surface area contributed by atoms with Gasteiger partial charge in [0.2, 0.25) is 0 Å². The minimum Gasteiger partial charge on any atom is -0.496 e. The third-order valence-corrected chi connectivity index (χ3v) is 3.79. The van der Waals surface area contributed by atoms with Crippen LogP contribution in [0.4, 0.5) is 5.82 Å². The second kappa shape index (κ2) is 6.39. The molecule has 0 spiro atoms. The highest BCUT2D eigenvalue weighted by Gasteiger charge is 2.19. The molecule has 2 rings (SSSR count). The predicted molar refractivity (Wildman–Crippen MR) is 87.8 cm³/mol. The van der Waals surface area contributed by atoms with Crippen molar-refractivity contribution in [3.8, 4) is 16.9 Å². The molecule has 0 bridgehead atoms. The number of ether oxygens (including phenoxy) is 1. The van der Waals surface area contributed by atoms with Crippen LogP contribution in [0.1, 0.15) is 26.0 Å². The molecule has 0 fully saturated rings. The molecule has 0 saturated carbocycles. The number of hydrogen-bond acceptors (Lipinski definition) is 3. The maximum atomic E-state index is 6.22. The zero-order valence-electron chi connectivity index (χ0n) is 13.0. The molecule has 1 heterocycles. The second-order valence-corrected chi connectivity index (χ2v) is 6.04. The van der Waals surface area contributed by atoms with Crippen LogP contribution in [0.2, 0.25) is 5.02 Å². The van der Waals surface area contributed by atoms with E-state index in [9.17, 15) is 0 Å². The minimum atomic E-state index is 0.613. The molecule has 1 aromatic heterocycles. The fourth-order valence-electron chi connectivity index (χ4n) is 2.36. The van der Waals surface area contributed by atoms with Crippen molar-refractivity contribution in [3.63, 3.8) is 0 Å². The number of nitrogens with two attached hydrogens (primary N) is 1. The van der Waals surface area contributed by atoms with Crippen molar-refractivity contribution in [2.45, 2.75) is 26.7 Å². The average molecular weight is 308 g/mol. The van der Waals surface area contributed by atoms with Crippen molar-refractivity contribution >= 4 is 17.4 Å². The number of nitrogens with zero attached hydrogens (tertiary/aromatic N) is 2. The lowest BCUT2D eigenvalue weighted by atomic mass is 9.99. The summed E-state index contributed by atoms with van der Waals surface area (Å²) in [5, 5.41) is 5.21. The van der Waals surface area contributed by atoms with E-state index in [4.69, 9.17) is 22.1 Å². The lowest BCUT2D eigenvalue weighted by Crippen LogP contribution is -1.98. The lowest BCUT2D eigenvalue weighted by Gasteiger charge is -2.11. The Bertz CT molecular complexity index is 635. The molecule has 5 heteroatoms. The highest BCUT2D eigenvalue weighted by Crippen LogP contribution is 2.38. The topological polar surface area (TPSA) is 53.1 Å². The van der Waals surface area contributed by atoms with Gasteiger partial charge < -0.3 is 10.5 Å². The SMILES string of the molecule is COc1ccc(Cl)cc1-c1c(CCC(C)C)nn(C)c1N. The predicted octanol–water partition coefficient (Wildman–Crippen LogP) is 3.92. The van der Waals surface area contributed by atoms with Gasteiger partial charge >= 0.3 is 0 Å². The van der Waals surface area contributed by atoms with Gasteiger partial charge in [0.15, 0.2) is 0 Å². The molecule has 0 unspecified atom stereocenters. The quantitative estimate of drug-likeness (QED) is 0.911. The Morgan fingerprint density at radius 3 is 2.71 bits per heavy atom. The second-order valence-electron chi connectivity index (χ2n) is 5.61. The molecule has 21 heavy (non-hydrogen) atoms. The van der Waals surface area contributed by atoms with Gasteiger partial charge in [0.05, 0.1) is 18.4 Å². The van der Waals surface area contributed by atoms with Gasteiger partial charge in [0.25, 0.3) is 0 Å². The summed E-state index contributed by atoms with van der Waals surface area (Å²) in [6.45, 7) is 4.40. The fraction of sp³-hybridized carbons (Fsp3) is 0.438. The van der Waals surface area contributed by atoms with Gasteiger partial charge in [0, 0.05) is 17.6 Å². The number of benzene rings is 1. The highest BCUT2D eigenvalue weighted by atomic mass is 35.5. The van der Waals surface area contributed by atoms with Crippen LogP contribution < -0.4 is 10.5 Å². The molecule has 1 aromatic carbocycles. The molecule has 0 aliphatic rings. The molecule has 2 N–H and O–H groups in total. The Morgan fingerprint density at radius 1 is 1.38 bits per heavy atom. The Morgan fingerprint density at radius 2 is 2.10 bits per heavy atom. The first-order valence-electron chi connectivity index (χ1n) is 7.09. The molecule has 2 aromatic rings. The number of nitrogen functional groups attached to an aromatic ring is 1. The average Bonchev–Trinajstić information content (AvgIpc) is 2.72. The summed E-state index contributed by atoms with van der Waals surface area (Å²) >= 11 is 6.14. The van der Waals surface area contributed by atoms with E-state index < -0.39 is 0 Å². The molecule has 4 nitrogen and oxygen atoms in total. The number of methoxy groups -OCH3 is 1. The van der Waals surface area contributed by atoms with E-state index in [-0.39, 0.29) is 0 Å². The van der Waals surface area contributed by atoms with E-state index in [0.717, 1.165) is 35.4 Å². The van der Waals surface area contributed by atoms with Crippen LogP contribution >= 0.6 is 11.6 Å². The molecular weight excluding hydrogens is 286 g/mol. The summed E-state index contributed by atoms with van der Waals surface area (Å²) in [5.74, 6) is 2.00. The molecule has 0 saturated heterocycles. The molecule has 0 aliphatic carbocycles. The van der Waals surface area contributed by atoms with Crippen molar-refractivity contribution in [2.75, 3.05) is 12.8 Å². The maximum absolute atomic E-state index is 6.22. The monoisotopic (exact) mass is 307 g/mol. The van der Waals surface area contributed by atoms with Gasteiger partial charge in [-0.15, -0.1) is 0 Å². The molecular formula is C16H22ClN3O. The van der Waals surface area contributed by atoms with E-state index in [0.29, 0.717) is 16.8 Å². The van der Waals surface area contributed by atoms with Crippen LogP contribution in [-0.4, -0.2) is 16.9 Å². The fourth-order valence-corrected chi connectivity index (χ4v) is 2.54. The van der Waals surface area contributed by atoms with Gasteiger partial charge in [-0.3, -0.25) is 4.68 Å². The number of rotatable bonds is 5. The first-order chi connectivity index (χ1) is 9.93. The van der Waals surface area contributed by atoms with E-state index >= 15 is 0 Å². The Labute approximate surface area is 130 Å². The summed E-state index contributed by atoms with van der Waals surface area (Å²) in [4.78, 5) is 0. The van der Waals surface area contributed by atoms with Gasteiger partial charge in [-0.05, 0) is 37.0 Å². The van der Waals surface area contributed by atoms with E-state index in [1.807, 2.05) is 25.2 Å². The Kier molecular flexibility index (Phi) is 4.78. The van der Waals surface area contributed by atoms with E-state index in [1.54, 1.807) is 11.8 Å². The first kappa shape index (κ1) is 15.7. The molecule has 0 amide bonds. The van der Waals surface area contributed by atoms with Crippen LogP contribution in [0, 0.1) is 5.92 Å². The van der Waals surface area contributed by atoms with Gasteiger partial charge in [0.1, 0.15) is 11.6 Å². The zero-order valence-corrected chi connectivity index (χ0v) is 13.7. The number of halogens is 1. The standard InChI is InChI=1S/C16H22ClN3O/c1-10(2)5-7-13-15(16(18)20(3)19-13)12-9-11(17)6-8-14(12)21-4/h6,8-10H,5,7,18H2,1-4H3. The van der Waals surface area contributed by atoms with Gasteiger partial charge in [-0.2, -0.15) is 5.10 Å². The summed E-state index contributed by atoms with van der Waals surface area (Å²) in [5.41, 5.74) is 9.03. The van der Waals surface area contributed by atoms with Crippen LogP contribution in [0.15, 0.2) is 18.2 Å². The van der Waals surface area contributed by atoms with Gasteiger partial charge in [-0.25, -0.2) is 0 Å². The van der Waals surface area contributed by atoms with Gasteiger partial charge in [-0.1, -0.05) is 25.4 Å². The summed E-state index contributed by atoms with van der Waals surface area (Å²) < 4.78 is 7.16. The van der Waals surface area contributed by atoms with Crippen molar-refractivity contribution in [1.29, 1.82) is 0 Å². The molecule has 0 aliphatic heterocycles. The number of aryl methyl sites for hydroxylation is 2. The molecule has 0 atom stereocenters. The largest absolute Gasteiger partial charge is 0.496 e. The Hall–Kier alpha value is -1.68. The third kappa shape index (κ3) is 3.32. The van der Waals surface area contributed by atoms with Crippen molar-refractivity contribution in [2.24, 2.45) is 13.0 Å². The Balaban J connectivity index is 2.54. The van der Waals surface area contributed by atoms with Crippen LogP contribution in [0.3, 0.4) is 0 Å². The highest BCUT2D eigenvalue weighted by molar-refractivity contribution is 6.31. The normalized spacial score (nSPS) is 11.1. The van der Waals surface area contributed by atoms with E-state index in [2.05, 4.69) is 18.9 Å². The summed E-state index contributed by atoms with van der Waals surface area (Å²) in [6.07, 6.45) is 1.94. The van der Waals surface area contributed by atoms with Crippen LogP contribution in [0.25, 0.3) is 11.1 Å². The first-order valence-corrected chi connectivity index (χ1v) is 7.47. The lowest BCUT2D eigenvalue weighted by molar-refractivity contribution is 0.416. The van der Waals surface area contributed by atoms with E-state index in [1.165, 1.54) is 0 Å². The number of hydrogen-bond donors (Lipinski definition) is 1. The smallest absolute Gasteiger partial charge is 0.129 e. The van der Waals surface area contributed by atoms with Crippen LogP contribution in [-0.2, 0) is 13.5 Å². The number of anilines is 1. The summed E-state index contributed by atoms with van der Waals surface area (Å²) in [7, 11) is 3.50. The minimum absolute atomic E-state index is 0.613. The number of aromatic nitrogens is 2. The third-order valence-electron chi connectivity index (χ3n) is 3.55. The summed E-state index contributed by atoms with van der Waals surface area (Å²) in [6, 6.07) is 5.55.